The molecule has 0 atom stereocenters. The van der Waals surface area contributed by atoms with Crippen molar-refractivity contribution in [2.24, 2.45) is 0 Å². The lowest BCUT2D eigenvalue weighted by atomic mass is 10.3. The van der Waals surface area contributed by atoms with Crippen molar-refractivity contribution in [2.45, 2.75) is 11.5 Å². The van der Waals surface area contributed by atoms with Crippen LogP contribution < -0.4 is 0 Å². The average molecular weight is 405 g/mol. The number of hydrogen-bond acceptors (Lipinski definition) is 6. The number of rotatable bonds is 6. The zero-order valence-corrected chi connectivity index (χ0v) is 14.9. The molecule has 0 saturated heterocycles. The number of benzene rings is 2. The molecule has 122 valence electrons. The molecule has 0 N–H and O–H groups in total. The van der Waals surface area contributed by atoms with Gasteiger partial charge in [-0.05, 0) is 46.8 Å². The molecular weight excluding hydrogens is 392 g/mol. The first-order valence-corrected chi connectivity index (χ1v) is 8.87. The zero-order chi connectivity index (χ0) is 16.8. The van der Waals surface area contributed by atoms with Gasteiger partial charge in [0.25, 0.3) is 0 Å². The first kappa shape index (κ1) is 16.7. The highest BCUT2D eigenvalue weighted by Gasteiger charge is 2.11. The number of carbonyl (C=O) groups excluding carboxylic acids is 1. The monoisotopic (exact) mass is 404 g/mol. The van der Waals surface area contributed by atoms with Crippen LogP contribution in [0.3, 0.4) is 0 Å². The number of nitrogens with zero attached hydrogens (tertiary/aromatic N) is 4. The van der Waals surface area contributed by atoms with Crippen LogP contribution in [0.25, 0.3) is 5.69 Å². The molecular formula is C16H13BrN4O2S. The van der Waals surface area contributed by atoms with Crippen LogP contribution in [0.5, 0.6) is 0 Å². The quantitative estimate of drug-likeness (QED) is 0.463. The van der Waals surface area contributed by atoms with Gasteiger partial charge in [-0.3, -0.25) is 4.79 Å². The second kappa shape index (κ2) is 8.07. The minimum absolute atomic E-state index is 0.0294. The Hall–Kier alpha value is -2.19. The van der Waals surface area contributed by atoms with Crippen molar-refractivity contribution in [2.75, 3.05) is 5.75 Å². The normalized spacial score (nSPS) is 10.5. The van der Waals surface area contributed by atoms with Crippen molar-refractivity contribution in [3.63, 3.8) is 0 Å². The maximum atomic E-state index is 11.9. The van der Waals surface area contributed by atoms with Crippen LogP contribution in [-0.2, 0) is 16.1 Å². The number of aromatic nitrogens is 4. The Kier molecular flexibility index (Phi) is 5.60. The topological polar surface area (TPSA) is 69.9 Å². The standard InChI is InChI=1S/C16H13BrN4O2S/c17-12-6-8-14(9-7-12)24-11-16(22)23-10-15-18-19-20-21(15)13-4-2-1-3-5-13/h1-9H,10-11H2. The van der Waals surface area contributed by atoms with Gasteiger partial charge in [-0.15, -0.1) is 16.9 Å². The molecule has 3 rings (SSSR count). The summed E-state index contributed by atoms with van der Waals surface area (Å²) in [6, 6.07) is 17.2. The van der Waals surface area contributed by atoms with Gasteiger partial charge in [0.05, 0.1) is 11.4 Å². The fourth-order valence-corrected chi connectivity index (χ4v) is 2.89. The van der Waals surface area contributed by atoms with Crippen LogP contribution in [0.2, 0.25) is 0 Å². The molecule has 0 radical (unpaired) electrons. The van der Waals surface area contributed by atoms with Crippen molar-refractivity contribution in [1.29, 1.82) is 0 Å². The predicted octanol–water partition coefficient (Wildman–Crippen LogP) is 3.26. The van der Waals surface area contributed by atoms with Gasteiger partial charge in [-0.25, -0.2) is 0 Å². The van der Waals surface area contributed by atoms with Crippen LogP contribution in [-0.4, -0.2) is 31.9 Å². The summed E-state index contributed by atoms with van der Waals surface area (Å²) in [7, 11) is 0. The van der Waals surface area contributed by atoms with E-state index in [-0.39, 0.29) is 18.3 Å². The molecule has 2 aromatic carbocycles. The van der Waals surface area contributed by atoms with E-state index in [9.17, 15) is 4.79 Å². The summed E-state index contributed by atoms with van der Waals surface area (Å²) < 4.78 is 7.81. The Balaban J connectivity index is 1.54. The molecule has 0 saturated carbocycles. The Morgan fingerprint density at radius 3 is 2.62 bits per heavy atom. The maximum Gasteiger partial charge on any atom is 0.316 e. The molecule has 8 heteroatoms. The molecule has 0 aliphatic carbocycles. The lowest BCUT2D eigenvalue weighted by molar-refractivity contribution is -0.141. The first-order valence-electron chi connectivity index (χ1n) is 7.09. The summed E-state index contributed by atoms with van der Waals surface area (Å²) in [5, 5.41) is 11.5. The Bertz CT molecular complexity index is 808. The third kappa shape index (κ3) is 4.42. The second-order valence-corrected chi connectivity index (χ2v) is 6.71. The highest BCUT2D eigenvalue weighted by atomic mass is 79.9. The molecule has 0 fully saturated rings. The largest absolute Gasteiger partial charge is 0.457 e. The van der Waals surface area contributed by atoms with Crippen LogP contribution in [0.1, 0.15) is 5.82 Å². The second-order valence-electron chi connectivity index (χ2n) is 4.75. The smallest absolute Gasteiger partial charge is 0.316 e. The van der Waals surface area contributed by atoms with Crippen molar-refractivity contribution in [3.05, 3.63) is 64.9 Å². The minimum Gasteiger partial charge on any atom is -0.457 e. The van der Waals surface area contributed by atoms with E-state index in [0.717, 1.165) is 15.1 Å². The lowest BCUT2D eigenvalue weighted by Crippen LogP contribution is -2.11. The number of carbonyl (C=O) groups is 1. The molecule has 0 bridgehead atoms. The SMILES string of the molecule is O=C(CSc1ccc(Br)cc1)OCc1nnnn1-c1ccccc1. The molecule has 1 heterocycles. The highest BCUT2D eigenvalue weighted by Crippen LogP contribution is 2.20. The summed E-state index contributed by atoms with van der Waals surface area (Å²) in [6.07, 6.45) is 0. The van der Waals surface area contributed by atoms with Crippen molar-refractivity contribution in [1.82, 2.24) is 20.2 Å². The van der Waals surface area contributed by atoms with Crippen LogP contribution in [0.4, 0.5) is 0 Å². The number of hydrogen-bond donors (Lipinski definition) is 0. The van der Waals surface area contributed by atoms with Crippen molar-refractivity contribution >= 4 is 33.7 Å². The third-order valence-electron chi connectivity index (χ3n) is 3.07. The van der Waals surface area contributed by atoms with Gasteiger partial charge in [-0.2, -0.15) is 4.68 Å². The Morgan fingerprint density at radius 2 is 1.88 bits per heavy atom. The van der Waals surface area contributed by atoms with E-state index in [2.05, 4.69) is 31.5 Å². The fourth-order valence-electron chi connectivity index (χ4n) is 1.93. The summed E-state index contributed by atoms with van der Waals surface area (Å²) in [5.74, 6) is 0.392. The molecule has 0 spiro atoms. The molecule has 1 aromatic heterocycles. The number of ether oxygens (including phenoxy) is 1. The zero-order valence-electron chi connectivity index (χ0n) is 12.5. The molecule has 0 unspecified atom stereocenters. The van der Waals surface area contributed by atoms with E-state index in [1.165, 1.54) is 11.8 Å². The molecule has 6 nitrogen and oxygen atoms in total. The summed E-state index contributed by atoms with van der Waals surface area (Å²) >= 11 is 4.80. The molecule has 0 aliphatic heterocycles. The van der Waals surface area contributed by atoms with E-state index in [0.29, 0.717) is 5.82 Å². The lowest BCUT2D eigenvalue weighted by Gasteiger charge is -2.06. The van der Waals surface area contributed by atoms with E-state index in [1.807, 2.05) is 54.6 Å². The van der Waals surface area contributed by atoms with Gasteiger partial charge in [0, 0.05) is 9.37 Å². The van der Waals surface area contributed by atoms with E-state index < -0.39 is 0 Å². The van der Waals surface area contributed by atoms with E-state index in [1.54, 1.807) is 4.68 Å². The molecule has 0 aliphatic rings. The first-order chi connectivity index (χ1) is 11.7. The summed E-state index contributed by atoms with van der Waals surface area (Å²) in [4.78, 5) is 12.9. The van der Waals surface area contributed by atoms with Crippen LogP contribution >= 0.6 is 27.7 Å². The minimum atomic E-state index is -0.314. The fraction of sp³-hybridized carbons (Fsp3) is 0.125. The van der Waals surface area contributed by atoms with E-state index >= 15 is 0 Å². The van der Waals surface area contributed by atoms with Crippen molar-refractivity contribution in [3.8, 4) is 5.69 Å². The number of thioether (sulfide) groups is 1. The summed E-state index contributed by atoms with van der Waals surface area (Å²) in [6.45, 7) is 0.0294. The van der Waals surface area contributed by atoms with Gasteiger partial charge in [0.2, 0.25) is 0 Å². The highest BCUT2D eigenvalue weighted by molar-refractivity contribution is 9.10. The predicted molar refractivity (Wildman–Crippen MR) is 93.8 cm³/mol. The molecule has 0 amide bonds. The van der Waals surface area contributed by atoms with Crippen molar-refractivity contribution < 1.29 is 9.53 Å². The number of halogens is 1. The van der Waals surface area contributed by atoms with Gasteiger partial charge >= 0.3 is 5.97 Å². The third-order valence-corrected chi connectivity index (χ3v) is 4.58. The van der Waals surface area contributed by atoms with Gasteiger partial charge in [0.15, 0.2) is 12.4 Å². The van der Waals surface area contributed by atoms with Gasteiger partial charge in [0.1, 0.15) is 0 Å². The average Bonchev–Trinajstić information content (AvgIpc) is 3.09. The Labute approximate surface area is 151 Å². The van der Waals surface area contributed by atoms with E-state index in [4.69, 9.17) is 4.74 Å². The van der Waals surface area contributed by atoms with Gasteiger partial charge in [-0.1, -0.05) is 34.1 Å². The van der Waals surface area contributed by atoms with Crippen LogP contribution in [0, 0.1) is 0 Å². The Morgan fingerprint density at radius 1 is 1.12 bits per heavy atom. The number of esters is 1. The van der Waals surface area contributed by atoms with Crippen LogP contribution in [0.15, 0.2) is 64.0 Å². The maximum absolute atomic E-state index is 11.9. The molecule has 3 aromatic rings. The number of para-hydroxylation sites is 1. The number of tetrazole rings is 1. The van der Waals surface area contributed by atoms with Gasteiger partial charge < -0.3 is 4.74 Å². The molecule has 24 heavy (non-hydrogen) atoms. The summed E-state index contributed by atoms with van der Waals surface area (Å²) in [5.41, 5.74) is 0.817.